The van der Waals surface area contributed by atoms with Crippen molar-refractivity contribution in [2.45, 2.75) is 25.4 Å². The van der Waals surface area contributed by atoms with Crippen LogP contribution >= 0.6 is 15.9 Å². The first-order valence-electron chi connectivity index (χ1n) is 5.01. The van der Waals surface area contributed by atoms with Gasteiger partial charge in [0.1, 0.15) is 5.60 Å². The Kier molecular flexibility index (Phi) is 2.83. The summed E-state index contributed by atoms with van der Waals surface area (Å²) in [6, 6.07) is 8.17. The molecule has 1 saturated heterocycles. The first-order chi connectivity index (χ1) is 7.16. The number of cyclic esters (lactones) is 1. The van der Waals surface area contributed by atoms with E-state index in [1.165, 1.54) is 5.56 Å². The third-order valence-electron chi connectivity index (χ3n) is 2.84. The van der Waals surface area contributed by atoms with Gasteiger partial charge in [0, 0.05) is 18.2 Å². The molecule has 0 aliphatic carbocycles. The number of rotatable bonds is 2. The SMILES string of the molecule is Cc1ccc(C2(CBr)CCC(=O)O2)cc1. The second-order valence-electron chi connectivity index (χ2n) is 3.97. The van der Waals surface area contributed by atoms with Crippen molar-refractivity contribution < 1.29 is 9.53 Å². The minimum absolute atomic E-state index is 0.102. The molecule has 15 heavy (non-hydrogen) atoms. The van der Waals surface area contributed by atoms with Gasteiger partial charge in [0.25, 0.3) is 0 Å². The number of benzene rings is 1. The lowest BCUT2D eigenvalue weighted by Crippen LogP contribution is -2.27. The quantitative estimate of drug-likeness (QED) is 0.609. The molecule has 2 rings (SSSR count). The van der Waals surface area contributed by atoms with Crippen molar-refractivity contribution in [3.8, 4) is 0 Å². The van der Waals surface area contributed by atoms with E-state index in [1.54, 1.807) is 0 Å². The molecule has 0 aromatic heterocycles. The Labute approximate surface area is 97.8 Å². The van der Waals surface area contributed by atoms with Gasteiger partial charge in [-0.15, -0.1) is 0 Å². The van der Waals surface area contributed by atoms with Crippen LogP contribution in [0.3, 0.4) is 0 Å². The monoisotopic (exact) mass is 268 g/mol. The van der Waals surface area contributed by atoms with E-state index in [-0.39, 0.29) is 5.97 Å². The number of carbonyl (C=O) groups excluding carboxylic acids is 1. The number of ether oxygens (including phenoxy) is 1. The third-order valence-corrected chi connectivity index (χ3v) is 3.74. The van der Waals surface area contributed by atoms with E-state index in [2.05, 4.69) is 15.9 Å². The van der Waals surface area contributed by atoms with Crippen LogP contribution in [-0.2, 0) is 15.1 Å². The van der Waals surface area contributed by atoms with E-state index >= 15 is 0 Å². The average Bonchev–Trinajstić information content (AvgIpc) is 2.62. The summed E-state index contributed by atoms with van der Waals surface area (Å²) < 4.78 is 5.44. The standard InChI is InChI=1S/C12H13BrO2/c1-9-2-4-10(5-3-9)12(8-13)7-6-11(14)15-12/h2-5H,6-8H2,1H3. The van der Waals surface area contributed by atoms with Gasteiger partial charge in [0.05, 0.1) is 0 Å². The van der Waals surface area contributed by atoms with E-state index in [9.17, 15) is 4.79 Å². The molecule has 0 spiro atoms. The van der Waals surface area contributed by atoms with Crippen molar-refractivity contribution in [1.29, 1.82) is 0 Å². The van der Waals surface area contributed by atoms with Crippen LogP contribution in [0.5, 0.6) is 0 Å². The number of aryl methyl sites for hydroxylation is 1. The molecular formula is C12H13BrO2. The summed E-state index contributed by atoms with van der Waals surface area (Å²) in [7, 11) is 0. The fraction of sp³-hybridized carbons (Fsp3) is 0.417. The Morgan fingerprint density at radius 2 is 2.07 bits per heavy atom. The van der Waals surface area contributed by atoms with E-state index < -0.39 is 5.60 Å². The van der Waals surface area contributed by atoms with Crippen molar-refractivity contribution >= 4 is 21.9 Å². The molecule has 0 radical (unpaired) electrons. The molecule has 1 fully saturated rings. The van der Waals surface area contributed by atoms with Crippen molar-refractivity contribution in [3.05, 3.63) is 35.4 Å². The maximum Gasteiger partial charge on any atom is 0.306 e. The number of hydrogen-bond donors (Lipinski definition) is 0. The molecule has 0 saturated carbocycles. The number of alkyl halides is 1. The normalized spacial score (nSPS) is 25.3. The summed E-state index contributed by atoms with van der Waals surface area (Å²) in [6.07, 6.45) is 1.28. The zero-order valence-electron chi connectivity index (χ0n) is 8.63. The summed E-state index contributed by atoms with van der Waals surface area (Å²) in [5.74, 6) is -0.102. The fourth-order valence-electron chi connectivity index (χ4n) is 1.86. The van der Waals surface area contributed by atoms with Gasteiger partial charge in [0.15, 0.2) is 0 Å². The van der Waals surface area contributed by atoms with Crippen molar-refractivity contribution in [1.82, 2.24) is 0 Å². The third kappa shape index (κ3) is 1.93. The molecule has 2 nitrogen and oxygen atoms in total. The fourth-order valence-corrected chi connectivity index (χ4v) is 2.57. The van der Waals surface area contributed by atoms with Crippen LogP contribution in [0.25, 0.3) is 0 Å². The van der Waals surface area contributed by atoms with Crippen LogP contribution in [0.4, 0.5) is 0 Å². The van der Waals surface area contributed by atoms with Gasteiger partial charge >= 0.3 is 5.97 Å². The lowest BCUT2D eigenvalue weighted by molar-refractivity contribution is -0.147. The molecule has 0 N–H and O–H groups in total. The molecule has 80 valence electrons. The molecule has 1 aliphatic rings. The van der Waals surface area contributed by atoms with E-state index in [4.69, 9.17) is 4.74 Å². The van der Waals surface area contributed by atoms with Crippen LogP contribution in [-0.4, -0.2) is 11.3 Å². The van der Waals surface area contributed by atoms with Crippen molar-refractivity contribution in [2.75, 3.05) is 5.33 Å². The smallest absolute Gasteiger partial charge is 0.306 e. The van der Waals surface area contributed by atoms with Crippen LogP contribution in [0.1, 0.15) is 24.0 Å². The molecule has 1 aliphatic heterocycles. The number of halogens is 1. The number of carbonyl (C=O) groups is 1. The highest BCUT2D eigenvalue weighted by molar-refractivity contribution is 9.09. The summed E-state index contributed by atoms with van der Waals surface area (Å²) in [4.78, 5) is 11.2. The second-order valence-corrected chi connectivity index (χ2v) is 4.53. The van der Waals surface area contributed by atoms with Gasteiger partial charge in [-0.2, -0.15) is 0 Å². The zero-order chi connectivity index (χ0) is 10.9. The lowest BCUT2D eigenvalue weighted by atomic mass is 9.92. The van der Waals surface area contributed by atoms with Crippen molar-refractivity contribution in [2.24, 2.45) is 0 Å². The highest BCUT2D eigenvalue weighted by atomic mass is 79.9. The van der Waals surface area contributed by atoms with E-state index in [1.807, 2.05) is 31.2 Å². The second kappa shape index (κ2) is 3.97. The average molecular weight is 269 g/mol. The van der Waals surface area contributed by atoms with Crippen LogP contribution < -0.4 is 0 Å². The molecule has 1 unspecified atom stereocenters. The molecule has 3 heteroatoms. The maximum absolute atomic E-state index is 11.2. The minimum Gasteiger partial charge on any atom is -0.453 e. The van der Waals surface area contributed by atoms with Gasteiger partial charge in [-0.1, -0.05) is 45.8 Å². The number of hydrogen-bond acceptors (Lipinski definition) is 2. The summed E-state index contributed by atoms with van der Waals surface area (Å²) in [6.45, 7) is 2.05. The maximum atomic E-state index is 11.2. The van der Waals surface area contributed by atoms with Gasteiger partial charge in [-0.05, 0) is 12.5 Å². The number of esters is 1. The molecule has 0 amide bonds. The Hall–Kier alpha value is -0.830. The molecule has 1 heterocycles. The van der Waals surface area contributed by atoms with Crippen LogP contribution in [0, 0.1) is 6.92 Å². The summed E-state index contributed by atoms with van der Waals surface area (Å²) >= 11 is 3.44. The zero-order valence-corrected chi connectivity index (χ0v) is 10.2. The first-order valence-corrected chi connectivity index (χ1v) is 6.13. The van der Waals surface area contributed by atoms with Crippen molar-refractivity contribution in [3.63, 3.8) is 0 Å². The Bertz CT molecular complexity index is 372. The van der Waals surface area contributed by atoms with Gasteiger partial charge < -0.3 is 4.74 Å². The van der Waals surface area contributed by atoms with E-state index in [0.717, 1.165) is 12.0 Å². The highest BCUT2D eigenvalue weighted by Gasteiger charge is 2.40. The topological polar surface area (TPSA) is 26.3 Å². The largest absolute Gasteiger partial charge is 0.453 e. The van der Waals surface area contributed by atoms with Crippen LogP contribution in [0.2, 0.25) is 0 Å². The van der Waals surface area contributed by atoms with Crippen LogP contribution in [0.15, 0.2) is 24.3 Å². The summed E-state index contributed by atoms with van der Waals surface area (Å²) in [5, 5.41) is 0.662. The molecule has 1 aromatic carbocycles. The molecule has 1 atom stereocenters. The Morgan fingerprint density at radius 3 is 2.53 bits per heavy atom. The highest BCUT2D eigenvalue weighted by Crippen LogP contribution is 2.38. The van der Waals surface area contributed by atoms with Gasteiger partial charge in [0.2, 0.25) is 0 Å². The molecular weight excluding hydrogens is 256 g/mol. The Balaban J connectivity index is 2.34. The summed E-state index contributed by atoms with van der Waals surface area (Å²) in [5.41, 5.74) is 1.86. The predicted molar refractivity (Wildman–Crippen MR) is 62.0 cm³/mol. The lowest BCUT2D eigenvalue weighted by Gasteiger charge is -2.25. The molecule has 0 bridgehead atoms. The minimum atomic E-state index is -0.440. The van der Waals surface area contributed by atoms with E-state index in [0.29, 0.717) is 11.8 Å². The molecule has 1 aromatic rings. The predicted octanol–water partition coefficient (Wildman–Crippen LogP) is 2.92. The Morgan fingerprint density at radius 1 is 1.40 bits per heavy atom. The first kappa shape index (κ1) is 10.7. The van der Waals surface area contributed by atoms with Gasteiger partial charge in [-0.3, -0.25) is 4.79 Å². The van der Waals surface area contributed by atoms with Gasteiger partial charge in [-0.25, -0.2) is 0 Å².